The van der Waals surface area contributed by atoms with Crippen LogP contribution in [0.5, 0.6) is 0 Å². The monoisotopic (exact) mass is 204 g/mol. The van der Waals surface area contributed by atoms with E-state index < -0.39 is 30.4 Å². The van der Waals surface area contributed by atoms with Crippen LogP contribution in [0.1, 0.15) is 13.3 Å². The van der Waals surface area contributed by atoms with E-state index >= 15 is 0 Å². The quantitative estimate of drug-likeness (QED) is 0.636. The first-order valence-corrected chi connectivity index (χ1v) is 4.38. The van der Waals surface area contributed by atoms with E-state index in [2.05, 4.69) is 9.47 Å². The van der Waals surface area contributed by atoms with Crippen LogP contribution in [0, 0.1) is 11.8 Å². The van der Waals surface area contributed by atoms with E-state index in [4.69, 9.17) is 5.11 Å². The van der Waals surface area contributed by atoms with Crippen LogP contribution in [0.2, 0.25) is 0 Å². The fourth-order valence-corrected chi connectivity index (χ4v) is 1.28. The van der Waals surface area contributed by atoms with Crippen LogP contribution in [-0.4, -0.2) is 37.9 Å². The molecule has 0 saturated carbocycles. The summed E-state index contributed by atoms with van der Waals surface area (Å²) < 4.78 is 9.00. The number of aliphatic hydroxyl groups excluding tert-OH is 1. The van der Waals surface area contributed by atoms with E-state index in [0.29, 0.717) is 6.42 Å². The molecule has 0 aromatic carbocycles. The molecule has 0 spiro atoms. The Labute approximate surface area is 83.0 Å². The first kappa shape index (κ1) is 12.9. The van der Waals surface area contributed by atoms with Crippen LogP contribution < -0.4 is 0 Å². The molecule has 0 aliphatic heterocycles. The molecule has 5 nitrogen and oxygen atoms in total. The molecule has 0 rings (SSSR count). The minimum absolute atomic E-state index is 0.416. The number of esters is 2. The van der Waals surface area contributed by atoms with Crippen molar-refractivity contribution in [2.24, 2.45) is 11.8 Å². The van der Waals surface area contributed by atoms with Crippen molar-refractivity contribution in [1.29, 1.82) is 0 Å². The van der Waals surface area contributed by atoms with Gasteiger partial charge in [-0.05, 0) is 6.42 Å². The van der Waals surface area contributed by atoms with Gasteiger partial charge in [-0.1, -0.05) is 6.92 Å². The lowest BCUT2D eigenvalue weighted by atomic mass is 9.91. The zero-order chi connectivity index (χ0) is 11.1. The topological polar surface area (TPSA) is 72.8 Å². The fourth-order valence-electron chi connectivity index (χ4n) is 1.28. The van der Waals surface area contributed by atoms with Crippen molar-refractivity contribution in [1.82, 2.24) is 0 Å². The van der Waals surface area contributed by atoms with E-state index in [1.807, 2.05) is 0 Å². The summed E-state index contributed by atoms with van der Waals surface area (Å²) in [6.45, 7) is 1.33. The van der Waals surface area contributed by atoms with Gasteiger partial charge in [0.05, 0.1) is 32.7 Å². The van der Waals surface area contributed by atoms with Gasteiger partial charge < -0.3 is 14.6 Å². The number of hydrogen-bond acceptors (Lipinski definition) is 5. The molecule has 0 heterocycles. The average Bonchev–Trinajstić information content (AvgIpc) is 2.23. The van der Waals surface area contributed by atoms with Crippen molar-refractivity contribution in [2.45, 2.75) is 13.3 Å². The highest BCUT2D eigenvalue weighted by Gasteiger charge is 2.33. The van der Waals surface area contributed by atoms with E-state index in [9.17, 15) is 9.59 Å². The molecule has 0 aliphatic carbocycles. The molecule has 0 aromatic rings. The highest BCUT2D eigenvalue weighted by atomic mass is 16.5. The summed E-state index contributed by atoms with van der Waals surface area (Å²) in [7, 11) is 2.46. The maximum atomic E-state index is 11.2. The van der Waals surface area contributed by atoms with Gasteiger partial charge >= 0.3 is 11.9 Å². The van der Waals surface area contributed by atoms with E-state index in [1.54, 1.807) is 6.92 Å². The minimum Gasteiger partial charge on any atom is -0.469 e. The van der Waals surface area contributed by atoms with Crippen LogP contribution in [0.4, 0.5) is 0 Å². The molecule has 14 heavy (non-hydrogen) atoms. The Kier molecular flexibility index (Phi) is 5.87. The lowest BCUT2D eigenvalue weighted by Gasteiger charge is -2.19. The maximum absolute atomic E-state index is 11.2. The number of aliphatic hydroxyl groups is 1. The molecule has 82 valence electrons. The highest BCUT2D eigenvalue weighted by molar-refractivity contribution is 5.82. The predicted octanol–water partition coefficient (Wildman–Crippen LogP) is -0.0329. The van der Waals surface area contributed by atoms with E-state index in [-0.39, 0.29) is 0 Å². The van der Waals surface area contributed by atoms with Crippen molar-refractivity contribution in [2.75, 3.05) is 20.8 Å². The summed E-state index contributed by atoms with van der Waals surface area (Å²) in [5.74, 6) is -2.57. The van der Waals surface area contributed by atoms with Crippen LogP contribution in [0.25, 0.3) is 0 Å². The molecule has 0 unspecified atom stereocenters. The van der Waals surface area contributed by atoms with Crippen molar-refractivity contribution in [3.63, 3.8) is 0 Å². The summed E-state index contributed by atoms with van der Waals surface area (Å²) in [4.78, 5) is 22.4. The van der Waals surface area contributed by atoms with Crippen molar-refractivity contribution < 1.29 is 24.2 Å². The van der Waals surface area contributed by atoms with Crippen LogP contribution in [0.15, 0.2) is 0 Å². The Bertz CT molecular complexity index is 179. The van der Waals surface area contributed by atoms with Crippen molar-refractivity contribution >= 4 is 11.9 Å². The first-order valence-electron chi connectivity index (χ1n) is 4.38. The predicted molar refractivity (Wildman–Crippen MR) is 48.4 cm³/mol. The van der Waals surface area contributed by atoms with Crippen LogP contribution >= 0.6 is 0 Å². The number of carbonyl (C=O) groups is 2. The van der Waals surface area contributed by atoms with Gasteiger partial charge in [0.1, 0.15) is 0 Å². The third-order valence-corrected chi connectivity index (χ3v) is 2.13. The third kappa shape index (κ3) is 2.99. The second-order valence-electron chi connectivity index (χ2n) is 2.85. The minimum atomic E-state index is -0.836. The Hall–Kier alpha value is -1.10. The molecule has 0 fully saturated rings. The number of methoxy groups -OCH3 is 2. The number of ether oxygens (including phenoxy) is 2. The lowest BCUT2D eigenvalue weighted by molar-refractivity contribution is -0.159. The number of rotatable bonds is 5. The number of hydrogen-bond donors (Lipinski definition) is 1. The van der Waals surface area contributed by atoms with Crippen LogP contribution in [0.3, 0.4) is 0 Å². The number of carbonyl (C=O) groups excluding carboxylic acids is 2. The van der Waals surface area contributed by atoms with Gasteiger partial charge in [0.2, 0.25) is 0 Å². The zero-order valence-corrected chi connectivity index (χ0v) is 8.65. The molecule has 2 atom stereocenters. The second kappa shape index (κ2) is 6.37. The summed E-state index contributed by atoms with van der Waals surface area (Å²) in [6.07, 6.45) is 0.424. The average molecular weight is 204 g/mol. The summed E-state index contributed by atoms with van der Waals surface area (Å²) in [5.41, 5.74) is 0. The summed E-state index contributed by atoms with van der Waals surface area (Å²) in [6, 6.07) is 0. The lowest BCUT2D eigenvalue weighted by Crippen LogP contribution is -2.33. The van der Waals surface area contributed by atoms with Gasteiger partial charge in [-0.3, -0.25) is 9.59 Å². The Morgan fingerprint density at radius 1 is 1.14 bits per heavy atom. The van der Waals surface area contributed by atoms with Crippen LogP contribution in [-0.2, 0) is 19.1 Å². The van der Waals surface area contributed by atoms with Crippen molar-refractivity contribution in [3.8, 4) is 0 Å². The Balaban J connectivity index is 4.60. The Morgan fingerprint density at radius 3 is 1.86 bits per heavy atom. The smallest absolute Gasteiger partial charge is 0.311 e. The molecule has 0 radical (unpaired) electrons. The van der Waals surface area contributed by atoms with Gasteiger partial charge in [0.25, 0.3) is 0 Å². The molecular weight excluding hydrogens is 188 g/mol. The van der Waals surface area contributed by atoms with E-state index in [1.165, 1.54) is 14.2 Å². The van der Waals surface area contributed by atoms with Crippen molar-refractivity contribution in [3.05, 3.63) is 0 Å². The summed E-state index contributed by atoms with van der Waals surface area (Å²) in [5, 5.41) is 8.96. The SMILES string of the molecule is CC[C@@H](C(=O)OC)[C@@H](CO)C(=O)OC. The fraction of sp³-hybridized carbons (Fsp3) is 0.778. The first-order chi connectivity index (χ1) is 6.62. The molecule has 1 N–H and O–H groups in total. The highest BCUT2D eigenvalue weighted by Crippen LogP contribution is 2.18. The standard InChI is InChI=1S/C9H16O5/c1-4-6(8(11)13-2)7(5-10)9(12)14-3/h6-7,10H,4-5H2,1-3H3/t6-,7-/m1/s1. The largest absolute Gasteiger partial charge is 0.469 e. The summed E-state index contributed by atoms with van der Waals surface area (Å²) >= 11 is 0. The normalized spacial score (nSPS) is 14.3. The molecular formula is C9H16O5. The third-order valence-electron chi connectivity index (χ3n) is 2.13. The second-order valence-corrected chi connectivity index (χ2v) is 2.85. The molecule has 0 aromatic heterocycles. The molecule has 0 saturated heterocycles. The molecule has 5 heteroatoms. The van der Waals surface area contributed by atoms with Gasteiger partial charge in [-0.15, -0.1) is 0 Å². The van der Waals surface area contributed by atoms with E-state index in [0.717, 1.165) is 0 Å². The van der Waals surface area contributed by atoms with Gasteiger partial charge in [0, 0.05) is 0 Å². The molecule has 0 aliphatic rings. The van der Waals surface area contributed by atoms with Gasteiger partial charge in [-0.25, -0.2) is 0 Å². The van der Waals surface area contributed by atoms with Gasteiger partial charge in [0.15, 0.2) is 0 Å². The molecule has 0 bridgehead atoms. The maximum Gasteiger partial charge on any atom is 0.311 e. The van der Waals surface area contributed by atoms with Gasteiger partial charge in [-0.2, -0.15) is 0 Å². The zero-order valence-electron chi connectivity index (χ0n) is 8.65. The molecule has 0 amide bonds. The Morgan fingerprint density at radius 2 is 1.57 bits per heavy atom.